The van der Waals surface area contributed by atoms with E-state index in [9.17, 15) is 15.2 Å². The van der Waals surface area contributed by atoms with Gasteiger partial charge in [0.1, 0.15) is 17.4 Å². The van der Waals surface area contributed by atoms with E-state index in [2.05, 4.69) is 5.32 Å². The lowest BCUT2D eigenvalue weighted by atomic mass is 10.1. The van der Waals surface area contributed by atoms with Crippen molar-refractivity contribution in [2.75, 3.05) is 21.3 Å². The second-order valence-electron chi connectivity index (χ2n) is 6.31. The van der Waals surface area contributed by atoms with E-state index in [-0.39, 0.29) is 29.4 Å². The number of nitriles is 1. The normalized spacial score (nSPS) is 11.1. The number of phenolic OH excluding ortho intramolecular Hbond substituents is 1. The van der Waals surface area contributed by atoms with E-state index in [0.717, 1.165) is 16.9 Å². The second-order valence-corrected chi connectivity index (χ2v) is 6.31. The molecule has 0 aromatic heterocycles. The zero-order chi connectivity index (χ0) is 22.1. The number of hydrogen-bond donors (Lipinski definition) is 2. The first-order valence-electron chi connectivity index (χ1n) is 9.08. The quantitative estimate of drug-likeness (QED) is 0.394. The molecular weight excluding hydrogens is 384 g/mol. The van der Waals surface area contributed by atoms with Crippen molar-refractivity contribution in [2.24, 2.45) is 0 Å². The fraction of sp³-hybridized carbons (Fsp3) is 0.217. The van der Waals surface area contributed by atoms with E-state index in [1.54, 1.807) is 31.4 Å². The molecule has 0 radical (unpaired) electrons. The summed E-state index contributed by atoms with van der Waals surface area (Å²) in [5.41, 5.74) is 2.49. The molecule has 7 nitrogen and oxygen atoms in total. The summed E-state index contributed by atoms with van der Waals surface area (Å²) in [4.78, 5) is 12.3. The number of aromatic hydroxyl groups is 1. The van der Waals surface area contributed by atoms with Crippen LogP contribution < -0.4 is 19.5 Å². The van der Waals surface area contributed by atoms with Gasteiger partial charge < -0.3 is 24.6 Å². The Morgan fingerprint density at radius 3 is 2.30 bits per heavy atom. The Kier molecular flexibility index (Phi) is 7.89. The van der Waals surface area contributed by atoms with Gasteiger partial charge in [-0.2, -0.15) is 5.26 Å². The number of methoxy groups -OCH3 is 3. The summed E-state index contributed by atoms with van der Waals surface area (Å²) < 4.78 is 15.5. The summed E-state index contributed by atoms with van der Waals surface area (Å²) in [6, 6.07) is 10.8. The highest BCUT2D eigenvalue weighted by Crippen LogP contribution is 2.37. The Bertz CT molecular complexity index is 994. The van der Waals surface area contributed by atoms with Crippen molar-refractivity contribution in [3.05, 3.63) is 64.7 Å². The van der Waals surface area contributed by atoms with E-state index >= 15 is 0 Å². The molecule has 0 aliphatic carbocycles. The molecule has 0 atom stereocenters. The molecule has 0 spiro atoms. The summed E-state index contributed by atoms with van der Waals surface area (Å²) in [5.74, 6) is 0.662. The molecule has 0 heterocycles. The molecule has 2 N–H and O–H groups in total. The van der Waals surface area contributed by atoms with Crippen LogP contribution in [0.5, 0.6) is 23.0 Å². The first kappa shape index (κ1) is 22.4. The van der Waals surface area contributed by atoms with Gasteiger partial charge in [0.2, 0.25) is 5.75 Å². The van der Waals surface area contributed by atoms with E-state index in [1.165, 1.54) is 20.3 Å². The van der Waals surface area contributed by atoms with Crippen molar-refractivity contribution in [1.82, 2.24) is 5.32 Å². The Hall–Kier alpha value is -3.92. The zero-order valence-electron chi connectivity index (χ0n) is 17.4. The third-order valence-corrected chi connectivity index (χ3v) is 4.34. The number of nitrogens with one attached hydrogen (secondary N) is 1. The molecule has 2 aromatic rings. The fourth-order valence-electron chi connectivity index (χ4n) is 2.68. The number of ether oxygens (including phenoxy) is 3. The number of nitrogens with zero attached hydrogens (tertiary/aromatic N) is 1. The molecule has 0 bridgehead atoms. The molecule has 0 saturated carbocycles. The van der Waals surface area contributed by atoms with Gasteiger partial charge in [0.05, 0.1) is 21.3 Å². The van der Waals surface area contributed by atoms with E-state index in [0.29, 0.717) is 5.56 Å². The molecule has 2 rings (SSSR count). The third kappa shape index (κ3) is 5.55. The van der Waals surface area contributed by atoms with Crippen LogP contribution in [0, 0.1) is 18.3 Å². The lowest BCUT2D eigenvalue weighted by Gasteiger charge is -2.09. The number of aryl methyl sites for hydroxylation is 1. The number of allylic oxidation sites excluding steroid dienone is 2. The molecule has 0 unspecified atom stereocenters. The van der Waals surface area contributed by atoms with Crippen molar-refractivity contribution in [3.8, 4) is 29.1 Å². The van der Waals surface area contributed by atoms with Gasteiger partial charge in [-0.3, -0.25) is 4.79 Å². The predicted molar refractivity (Wildman–Crippen MR) is 114 cm³/mol. The Morgan fingerprint density at radius 1 is 1.10 bits per heavy atom. The first-order valence-corrected chi connectivity index (χ1v) is 9.08. The summed E-state index contributed by atoms with van der Waals surface area (Å²) >= 11 is 0. The van der Waals surface area contributed by atoms with Crippen molar-refractivity contribution >= 4 is 12.0 Å². The average molecular weight is 408 g/mol. The van der Waals surface area contributed by atoms with E-state index in [1.807, 2.05) is 31.2 Å². The van der Waals surface area contributed by atoms with Gasteiger partial charge >= 0.3 is 0 Å². The van der Waals surface area contributed by atoms with Gasteiger partial charge in [0.15, 0.2) is 11.5 Å². The number of hydrogen-bond acceptors (Lipinski definition) is 6. The number of amides is 1. The first-order chi connectivity index (χ1) is 14.4. The SMILES string of the molecule is COc1cc(CNC(=O)/C(C#N)=C/C=C/c2cc(OC)c(O)c(OC)c2)ccc1C. The molecular formula is C23H24N2O5. The number of carbonyl (C=O) groups excluding carboxylic acids is 1. The average Bonchev–Trinajstić information content (AvgIpc) is 2.76. The van der Waals surface area contributed by atoms with Crippen LogP contribution in [0.4, 0.5) is 0 Å². The molecule has 1 amide bonds. The number of rotatable bonds is 8. The molecule has 0 saturated heterocycles. The molecule has 0 fully saturated rings. The maximum atomic E-state index is 12.3. The van der Waals surface area contributed by atoms with Crippen molar-refractivity contribution in [1.29, 1.82) is 5.26 Å². The van der Waals surface area contributed by atoms with E-state index in [4.69, 9.17) is 14.2 Å². The molecule has 0 aliphatic heterocycles. The van der Waals surface area contributed by atoms with Crippen LogP contribution in [0.15, 0.2) is 48.1 Å². The lowest BCUT2D eigenvalue weighted by molar-refractivity contribution is -0.117. The highest BCUT2D eigenvalue weighted by Gasteiger charge is 2.10. The smallest absolute Gasteiger partial charge is 0.262 e. The van der Waals surface area contributed by atoms with Crippen molar-refractivity contribution in [3.63, 3.8) is 0 Å². The van der Waals surface area contributed by atoms with Crippen molar-refractivity contribution < 1.29 is 24.1 Å². The van der Waals surface area contributed by atoms with Crippen LogP contribution in [0.25, 0.3) is 6.08 Å². The summed E-state index contributed by atoms with van der Waals surface area (Å²) in [7, 11) is 4.46. The monoisotopic (exact) mass is 408 g/mol. The topological polar surface area (TPSA) is 101 Å². The molecule has 2 aromatic carbocycles. The van der Waals surface area contributed by atoms with Gasteiger partial charge in [0.25, 0.3) is 5.91 Å². The number of benzene rings is 2. The summed E-state index contributed by atoms with van der Waals surface area (Å²) in [6.07, 6.45) is 4.65. The highest BCUT2D eigenvalue weighted by atomic mass is 16.5. The zero-order valence-corrected chi connectivity index (χ0v) is 17.4. The molecule has 30 heavy (non-hydrogen) atoms. The molecule has 7 heteroatoms. The maximum absolute atomic E-state index is 12.3. The molecule has 156 valence electrons. The van der Waals surface area contributed by atoms with Gasteiger partial charge in [-0.15, -0.1) is 0 Å². The minimum atomic E-state index is -0.484. The number of carbonyl (C=O) groups is 1. The maximum Gasteiger partial charge on any atom is 0.262 e. The lowest BCUT2D eigenvalue weighted by Crippen LogP contribution is -2.24. The number of phenols is 1. The van der Waals surface area contributed by atoms with Gasteiger partial charge in [-0.25, -0.2) is 0 Å². The predicted octanol–water partition coefficient (Wildman–Crippen LogP) is 3.51. The van der Waals surface area contributed by atoms with Crippen LogP contribution in [-0.4, -0.2) is 32.3 Å². The van der Waals surface area contributed by atoms with Crippen LogP contribution in [0.2, 0.25) is 0 Å². The van der Waals surface area contributed by atoms with E-state index < -0.39 is 5.91 Å². The summed E-state index contributed by atoms with van der Waals surface area (Å²) in [6.45, 7) is 2.20. The highest BCUT2D eigenvalue weighted by molar-refractivity contribution is 5.97. The minimum absolute atomic E-state index is 0.0389. The molecule has 0 aliphatic rings. The van der Waals surface area contributed by atoms with Crippen LogP contribution in [0.3, 0.4) is 0 Å². The minimum Gasteiger partial charge on any atom is -0.502 e. The van der Waals surface area contributed by atoms with Crippen molar-refractivity contribution in [2.45, 2.75) is 13.5 Å². The third-order valence-electron chi connectivity index (χ3n) is 4.34. The van der Waals surface area contributed by atoms with Gasteiger partial charge in [-0.1, -0.05) is 24.3 Å². The standard InChI is InChI=1S/C23H24N2O5/c1-15-8-9-17(12-19(15)28-2)14-25-23(27)18(13-24)7-5-6-16-10-20(29-3)22(26)21(11-16)30-4/h5-12,26H,14H2,1-4H3,(H,25,27)/b6-5+,18-7+. The summed E-state index contributed by atoms with van der Waals surface area (Å²) in [5, 5.41) is 22.0. The second kappa shape index (κ2) is 10.6. The fourth-order valence-corrected chi connectivity index (χ4v) is 2.68. The largest absolute Gasteiger partial charge is 0.502 e. The Morgan fingerprint density at radius 2 is 1.73 bits per heavy atom. The van der Waals surface area contributed by atoms with Crippen LogP contribution in [0.1, 0.15) is 16.7 Å². The van der Waals surface area contributed by atoms with Crippen LogP contribution >= 0.6 is 0 Å². The van der Waals surface area contributed by atoms with Crippen LogP contribution in [-0.2, 0) is 11.3 Å². The van der Waals surface area contributed by atoms with Gasteiger partial charge in [-0.05, 0) is 47.9 Å². The Balaban J connectivity index is 2.10. The van der Waals surface area contributed by atoms with Gasteiger partial charge in [0, 0.05) is 6.54 Å². The Labute approximate surface area is 175 Å².